The SMILES string of the molecule is C=CC1=C(C=C)C(=O)CC(C(C)N2CCN(C(C)=O)CC2)=C1. The second kappa shape index (κ2) is 6.88. The number of ketones is 1. The van der Waals surface area contributed by atoms with Crippen LogP contribution in [0.4, 0.5) is 0 Å². The Balaban J connectivity index is 2.12. The van der Waals surface area contributed by atoms with Gasteiger partial charge in [0.1, 0.15) is 0 Å². The molecule has 118 valence electrons. The highest BCUT2D eigenvalue weighted by atomic mass is 16.2. The average molecular weight is 300 g/mol. The topological polar surface area (TPSA) is 40.6 Å². The summed E-state index contributed by atoms with van der Waals surface area (Å²) in [7, 11) is 0. The predicted molar refractivity (Wildman–Crippen MR) is 88.4 cm³/mol. The Morgan fingerprint density at radius 1 is 1.23 bits per heavy atom. The third-order valence-electron chi connectivity index (χ3n) is 4.58. The number of rotatable bonds is 4. The molecule has 1 heterocycles. The molecule has 4 nitrogen and oxygen atoms in total. The summed E-state index contributed by atoms with van der Waals surface area (Å²) in [6.07, 6.45) is 5.83. The molecule has 1 amide bonds. The fourth-order valence-electron chi connectivity index (χ4n) is 3.10. The zero-order valence-corrected chi connectivity index (χ0v) is 13.5. The molecule has 2 rings (SSSR count). The highest BCUT2D eigenvalue weighted by molar-refractivity contribution is 6.02. The molecule has 0 N–H and O–H groups in total. The summed E-state index contributed by atoms with van der Waals surface area (Å²) >= 11 is 0. The molecule has 1 saturated heterocycles. The lowest BCUT2D eigenvalue weighted by Crippen LogP contribution is -2.51. The van der Waals surface area contributed by atoms with E-state index in [1.165, 1.54) is 0 Å². The summed E-state index contributed by atoms with van der Waals surface area (Å²) in [5.74, 6) is 0.239. The van der Waals surface area contributed by atoms with E-state index >= 15 is 0 Å². The van der Waals surface area contributed by atoms with Gasteiger partial charge >= 0.3 is 0 Å². The van der Waals surface area contributed by atoms with Crippen molar-refractivity contribution in [3.05, 3.63) is 48.1 Å². The van der Waals surface area contributed by atoms with E-state index < -0.39 is 0 Å². The van der Waals surface area contributed by atoms with Crippen LogP contribution in [0.15, 0.2) is 48.1 Å². The molecule has 4 heteroatoms. The van der Waals surface area contributed by atoms with Crippen LogP contribution in [0.3, 0.4) is 0 Å². The molecule has 0 aromatic carbocycles. The summed E-state index contributed by atoms with van der Waals surface area (Å²) in [4.78, 5) is 27.8. The lowest BCUT2D eigenvalue weighted by atomic mass is 9.87. The van der Waals surface area contributed by atoms with E-state index in [1.807, 2.05) is 4.90 Å². The maximum absolute atomic E-state index is 12.2. The molecule has 0 aromatic rings. The number of allylic oxidation sites excluding steroid dienone is 5. The van der Waals surface area contributed by atoms with Gasteiger partial charge in [-0.05, 0) is 18.1 Å². The van der Waals surface area contributed by atoms with E-state index in [4.69, 9.17) is 0 Å². The molecule has 2 aliphatic rings. The Morgan fingerprint density at radius 3 is 2.36 bits per heavy atom. The Morgan fingerprint density at radius 2 is 1.86 bits per heavy atom. The quantitative estimate of drug-likeness (QED) is 0.798. The first-order valence-electron chi connectivity index (χ1n) is 7.70. The number of nitrogens with zero attached hydrogens (tertiary/aromatic N) is 2. The Hall–Kier alpha value is -1.94. The van der Waals surface area contributed by atoms with Crippen molar-refractivity contribution in [1.82, 2.24) is 9.80 Å². The van der Waals surface area contributed by atoms with Gasteiger partial charge in [0, 0.05) is 51.1 Å². The van der Waals surface area contributed by atoms with E-state index in [2.05, 4.69) is 31.1 Å². The number of hydrogen-bond acceptors (Lipinski definition) is 3. The highest BCUT2D eigenvalue weighted by Crippen LogP contribution is 2.27. The largest absolute Gasteiger partial charge is 0.340 e. The monoisotopic (exact) mass is 300 g/mol. The molecule has 1 unspecified atom stereocenters. The Kier molecular flexibility index (Phi) is 5.14. The molecule has 0 saturated carbocycles. The summed E-state index contributed by atoms with van der Waals surface area (Å²) in [6, 6.07) is 0.194. The van der Waals surface area contributed by atoms with Crippen LogP contribution in [0, 0.1) is 0 Å². The molecule has 1 atom stereocenters. The van der Waals surface area contributed by atoms with Crippen molar-refractivity contribution in [2.45, 2.75) is 26.3 Å². The molecule has 22 heavy (non-hydrogen) atoms. The minimum Gasteiger partial charge on any atom is -0.340 e. The van der Waals surface area contributed by atoms with Gasteiger partial charge in [0.05, 0.1) is 0 Å². The van der Waals surface area contributed by atoms with Gasteiger partial charge < -0.3 is 4.90 Å². The Labute approximate surface area is 132 Å². The minimum absolute atomic E-state index is 0.108. The molecule has 1 fully saturated rings. The van der Waals surface area contributed by atoms with Gasteiger partial charge in [-0.15, -0.1) is 0 Å². The van der Waals surface area contributed by atoms with Gasteiger partial charge in [0.15, 0.2) is 5.78 Å². The maximum atomic E-state index is 12.2. The van der Waals surface area contributed by atoms with Crippen LogP contribution in [0.5, 0.6) is 0 Å². The summed E-state index contributed by atoms with van der Waals surface area (Å²) in [5, 5.41) is 0. The van der Waals surface area contributed by atoms with E-state index in [9.17, 15) is 9.59 Å². The van der Waals surface area contributed by atoms with E-state index in [-0.39, 0.29) is 17.7 Å². The minimum atomic E-state index is 0.108. The maximum Gasteiger partial charge on any atom is 0.219 e. The second-order valence-corrected chi connectivity index (χ2v) is 5.81. The second-order valence-electron chi connectivity index (χ2n) is 5.81. The van der Waals surface area contributed by atoms with Crippen molar-refractivity contribution in [1.29, 1.82) is 0 Å². The van der Waals surface area contributed by atoms with Crippen molar-refractivity contribution in [2.24, 2.45) is 0 Å². The van der Waals surface area contributed by atoms with Gasteiger partial charge in [-0.25, -0.2) is 0 Å². The lowest BCUT2D eigenvalue weighted by molar-refractivity contribution is -0.130. The third kappa shape index (κ3) is 3.28. The number of piperazine rings is 1. The van der Waals surface area contributed by atoms with Crippen molar-refractivity contribution in [3.63, 3.8) is 0 Å². The van der Waals surface area contributed by atoms with Crippen molar-refractivity contribution < 1.29 is 9.59 Å². The van der Waals surface area contributed by atoms with Gasteiger partial charge in [0.25, 0.3) is 0 Å². The van der Waals surface area contributed by atoms with Crippen LogP contribution in [0.25, 0.3) is 0 Å². The molecule has 0 bridgehead atoms. The molecule has 1 aliphatic heterocycles. The van der Waals surface area contributed by atoms with Crippen molar-refractivity contribution >= 4 is 11.7 Å². The standard InChI is InChI=1S/C18H24N2O2/c1-5-15-11-16(12-18(22)17(15)6-2)13(3)19-7-9-20(10-8-19)14(4)21/h5-6,11,13H,1-2,7-10,12H2,3-4H3. The third-order valence-corrected chi connectivity index (χ3v) is 4.58. The first-order chi connectivity index (χ1) is 10.5. The number of hydrogen-bond donors (Lipinski definition) is 0. The molecule has 1 aliphatic carbocycles. The average Bonchev–Trinajstić information content (AvgIpc) is 2.53. The van der Waals surface area contributed by atoms with Gasteiger partial charge in [-0.2, -0.15) is 0 Å². The lowest BCUT2D eigenvalue weighted by Gasteiger charge is -2.39. The smallest absolute Gasteiger partial charge is 0.219 e. The highest BCUT2D eigenvalue weighted by Gasteiger charge is 2.27. The van der Waals surface area contributed by atoms with Crippen LogP contribution >= 0.6 is 0 Å². The van der Waals surface area contributed by atoms with Gasteiger partial charge in [-0.1, -0.05) is 31.4 Å². The fourth-order valence-corrected chi connectivity index (χ4v) is 3.10. The zero-order valence-electron chi connectivity index (χ0n) is 13.5. The first-order valence-corrected chi connectivity index (χ1v) is 7.70. The van der Waals surface area contributed by atoms with E-state index in [0.717, 1.165) is 37.3 Å². The van der Waals surface area contributed by atoms with E-state index in [1.54, 1.807) is 19.1 Å². The predicted octanol–water partition coefficient (Wildman–Crippen LogP) is 2.11. The van der Waals surface area contributed by atoms with Crippen LogP contribution in [0.2, 0.25) is 0 Å². The molecular formula is C18H24N2O2. The van der Waals surface area contributed by atoms with Crippen LogP contribution in [-0.4, -0.2) is 53.7 Å². The summed E-state index contributed by atoms with van der Waals surface area (Å²) < 4.78 is 0. The number of carbonyl (C=O) groups excluding carboxylic acids is 2. The van der Waals surface area contributed by atoms with Crippen molar-refractivity contribution in [3.8, 4) is 0 Å². The number of amides is 1. The molecule has 0 radical (unpaired) electrons. The van der Waals surface area contributed by atoms with Gasteiger partial charge in [-0.3, -0.25) is 14.5 Å². The van der Waals surface area contributed by atoms with Crippen LogP contribution in [0.1, 0.15) is 20.3 Å². The molecule has 0 aromatic heterocycles. The van der Waals surface area contributed by atoms with Gasteiger partial charge in [0.2, 0.25) is 5.91 Å². The van der Waals surface area contributed by atoms with Crippen molar-refractivity contribution in [2.75, 3.05) is 26.2 Å². The number of carbonyl (C=O) groups is 2. The fraction of sp³-hybridized carbons (Fsp3) is 0.444. The van der Waals surface area contributed by atoms with Crippen LogP contribution in [-0.2, 0) is 9.59 Å². The zero-order chi connectivity index (χ0) is 16.3. The Bertz CT molecular complexity index is 564. The first kappa shape index (κ1) is 16.4. The summed E-state index contributed by atoms with van der Waals surface area (Å²) in [5.41, 5.74) is 2.63. The van der Waals surface area contributed by atoms with E-state index in [0.29, 0.717) is 12.0 Å². The number of Topliss-reactive ketones (excluding diaryl/α,β-unsaturated/α-hetero) is 1. The van der Waals surface area contributed by atoms with Crippen LogP contribution < -0.4 is 0 Å². The molecule has 0 spiro atoms. The normalized spacial score (nSPS) is 21.5. The molecular weight excluding hydrogens is 276 g/mol. The summed E-state index contributed by atoms with van der Waals surface area (Å²) in [6.45, 7) is 14.4.